The van der Waals surface area contributed by atoms with Crippen LogP contribution in [0, 0.1) is 0 Å². The van der Waals surface area contributed by atoms with Crippen LogP contribution in [-0.4, -0.2) is 11.7 Å². The van der Waals surface area contributed by atoms with Crippen molar-refractivity contribution in [2.24, 2.45) is 0 Å². The molecule has 1 aromatic heterocycles. The number of aryl methyl sites for hydroxylation is 2. The van der Waals surface area contributed by atoms with Crippen molar-refractivity contribution in [1.82, 2.24) is 0 Å². The molecule has 2 aromatic rings. The Morgan fingerprint density at radius 2 is 2.05 bits per heavy atom. The first-order valence-corrected chi connectivity index (χ1v) is 8.58. The van der Waals surface area contributed by atoms with Crippen molar-refractivity contribution in [3.63, 3.8) is 0 Å². The quantitative estimate of drug-likeness (QED) is 0.886. The highest BCUT2D eigenvalue weighted by molar-refractivity contribution is 9.10. The van der Waals surface area contributed by atoms with E-state index in [1.54, 1.807) is 11.3 Å². The molecule has 1 N–H and O–H groups in total. The van der Waals surface area contributed by atoms with E-state index in [0.717, 1.165) is 33.5 Å². The molecule has 20 heavy (non-hydrogen) atoms. The average Bonchev–Trinajstić information content (AvgIpc) is 3.10. The molecule has 104 valence electrons. The third-order valence-electron chi connectivity index (χ3n) is 4.11. The molecule has 2 aliphatic rings. The Morgan fingerprint density at radius 1 is 1.15 bits per heavy atom. The summed E-state index contributed by atoms with van der Waals surface area (Å²) < 4.78 is 6.74. The number of aliphatic hydroxyl groups excluding tert-OH is 1. The first-order chi connectivity index (χ1) is 9.72. The van der Waals surface area contributed by atoms with E-state index in [-0.39, 0.29) is 0 Å². The normalized spacial score (nSPS) is 17.7. The predicted molar refractivity (Wildman–Crippen MR) is 83.7 cm³/mol. The molecule has 0 spiro atoms. The van der Waals surface area contributed by atoms with Crippen molar-refractivity contribution in [1.29, 1.82) is 0 Å². The number of hydrogen-bond donors (Lipinski definition) is 1. The predicted octanol–water partition coefficient (Wildman–Crippen LogP) is 4.02. The Kier molecular flexibility index (Phi) is 3.13. The molecule has 1 aromatic carbocycles. The Bertz CT molecular complexity index is 656. The maximum atomic E-state index is 10.7. The van der Waals surface area contributed by atoms with Gasteiger partial charge < -0.3 is 9.84 Å². The first-order valence-electron chi connectivity index (χ1n) is 6.97. The molecule has 1 aliphatic carbocycles. The van der Waals surface area contributed by atoms with E-state index >= 15 is 0 Å². The van der Waals surface area contributed by atoms with Gasteiger partial charge in [-0.25, -0.2) is 0 Å². The minimum Gasteiger partial charge on any atom is -0.493 e. The second-order valence-corrected chi connectivity index (χ2v) is 7.52. The summed E-state index contributed by atoms with van der Waals surface area (Å²) in [4.78, 5) is 2.50. The van der Waals surface area contributed by atoms with Crippen LogP contribution in [-0.2, 0) is 19.3 Å². The zero-order valence-corrected chi connectivity index (χ0v) is 13.4. The number of thiophene rings is 1. The van der Waals surface area contributed by atoms with E-state index < -0.39 is 6.10 Å². The minimum atomic E-state index is -0.574. The minimum absolute atomic E-state index is 0.574. The highest BCUT2D eigenvalue weighted by Gasteiger charge is 2.26. The lowest BCUT2D eigenvalue weighted by atomic mass is 10.0. The van der Waals surface area contributed by atoms with Crippen LogP contribution in [0.3, 0.4) is 0 Å². The van der Waals surface area contributed by atoms with Gasteiger partial charge in [-0.15, -0.1) is 11.3 Å². The molecule has 0 saturated carbocycles. The van der Waals surface area contributed by atoms with Crippen LogP contribution in [0.25, 0.3) is 0 Å². The molecule has 2 heterocycles. The third kappa shape index (κ3) is 2.01. The second kappa shape index (κ2) is 4.86. The van der Waals surface area contributed by atoms with Crippen LogP contribution >= 0.6 is 27.3 Å². The summed E-state index contributed by atoms with van der Waals surface area (Å²) in [6.07, 6.45) is 3.93. The number of fused-ring (bicyclic) bond motifs is 2. The van der Waals surface area contributed by atoms with Gasteiger partial charge in [0.2, 0.25) is 0 Å². The summed E-state index contributed by atoms with van der Waals surface area (Å²) in [5, 5.41) is 10.7. The van der Waals surface area contributed by atoms with E-state index in [9.17, 15) is 5.11 Å². The standard InChI is InChI=1S/C16H15BrO2S/c17-11-6-10-4-5-19-16(10)12(8-11)15(18)14-7-9-2-1-3-13(9)20-14/h6-8,15,18H,1-5H2. The van der Waals surface area contributed by atoms with Gasteiger partial charge in [-0.05, 0) is 48.6 Å². The van der Waals surface area contributed by atoms with Crippen molar-refractivity contribution >= 4 is 27.3 Å². The van der Waals surface area contributed by atoms with E-state index in [4.69, 9.17) is 4.74 Å². The molecule has 1 unspecified atom stereocenters. The lowest BCUT2D eigenvalue weighted by Gasteiger charge is -2.14. The van der Waals surface area contributed by atoms with Gasteiger partial charge in [0.1, 0.15) is 11.9 Å². The van der Waals surface area contributed by atoms with Gasteiger partial charge >= 0.3 is 0 Å². The number of ether oxygens (including phenoxy) is 1. The van der Waals surface area contributed by atoms with Crippen molar-refractivity contribution in [3.05, 3.63) is 49.1 Å². The maximum absolute atomic E-state index is 10.7. The van der Waals surface area contributed by atoms with E-state index in [0.29, 0.717) is 6.61 Å². The molecular formula is C16H15BrO2S. The van der Waals surface area contributed by atoms with Crippen LogP contribution in [0.5, 0.6) is 5.75 Å². The highest BCUT2D eigenvalue weighted by Crippen LogP contribution is 2.42. The monoisotopic (exact) mass is 350 g/mol. The van der Waals surface area contributed by atoms with Crippen LogP contribution < -0.4 is 4.74 Å². The van der Waals surface area contributed by atoms with Gasteiger partial charge in [0.25, 0.3) is 0 Å². The van der Waals surface area contributed by atoms with Crippen molar-refractivity contribution < 1.29 is 9.84 Å². The Morgan fingerprint density at radius 3 is 2.90 bits per heavy atom. The van der Waals surface area contributed by atoms with Gasteiger partial charge in [0.05, 0.1) is 6.61 Å². The Labute approximate surface area is 130 Å². The molecule has 0 amide bonds. The maximum Gasteiger partial charge on any atom is 0.128 e. The average molecular weight is 351 g/mol. The van der Waals surface area contributed by atoms with Gasteiger partial charge in [-0.3, -0.25) is 0 Å². The molecular weight excluding hydrogens is 336 g/mol. The van der Waals surface area contributed by atoms with Gasteiger partial charge in [-0.2, -0.15) is 0 Å². The molecule has 2 nitrogen and oxygen atoms in total. The molecule has 0 fully saturated rings. The zero-order valence-electron chi connectivity index (χ0n) is 11.0. The molecule has 1 aliphatic heterocycles. The van der Waals surface area contributed by atoms with Crippen molar-refractivity contribution in [2.45, 2.75) is 31.8 Å². The summed E-state index contributed by atoms with van der Waals surface area (Å²) in [5.74, 6) is 0.884. The van der Waals surface area contributed by atoms with E-state index in [1.807, 2.05) is 6.07 Å². The lowest BCUT2D eigenvalue weighted by molar-refractivity contribution is 0.217. The van der Waals surface area contributed by atoms with Gasteiger partial charge in [0, 0.05) is 26.2 Å². The molecule has 0 radical (unpaired) electrons. The number of hydrogen-bond acceptors (Lipinski definition) is 3. The SMILES string of the molecule is OC(c1cc2c(s1)CCC2)c1cc(Br)cc2c1OCC2. The summed E-state index contributed by atoms with van der Waals surface area (Å²) in [6.45, 7) is 0.715. The van der Waals surface area contributed by atoms with Crippen LogP contribution in [0.4, 0.5) is 0 Å². The Hall–Kier alpha value is -0.840. The van der Waals surface area contributed by atoms with Crippen LogP contribution in [0.1, 0.15) is 39.0 Å². The molecule has 1 atom stereocenters. The van der Waals surface area contributed by atoms with E-state index in [2.05, 4.69) is 28.1 Å². The summed E-state index contributed by atoms with van der Waals surface area (Å²) in [7, 11) is 0. The van der Waals surface area contributed by atoms with Crippen molar-refractivity contribution in [3.8, 4) is 5.75 Å². The smallest absolute Gasteiger partial charge is 0.128 e. The summed E-state index contributed by atoms with van der Waals surface area (Å²) in [5.41, 5.74) is 3.51. The molecule has 4 heteroatoms. The fourth-order valence-corrected chi connectivity index (χ4v) is 4.93. The molecule has 0 saturated heterocycles. The number of rotatable bonds is 2. The largest absolute Gasteiger partial charge is 0.493 e. The first kappa shape index (κ1) is 12.9. The Balaban J connectivity index is 1.76. The zero-order chi connectivity index (χ0) is 13.7. The fraction of sp³-hybridized carbons (Fsp3) is 0.375. The number of benzene rings is 1. The molecule has 0 bridgehead atoms. The van der Waals surface area contributed by atoms with Gasteiger partial charge in [0.15, 0.2) is 0 Å². The number of halogens is 1. The molecule has 4 rings (SSSR count). The lowest BCUT2D eigenvalue weighted by Crippen LogP contribution is -2.01. The summed E-state index contributed by atoms with van der Waals surface area (Å²) >= 11 is 5.29. The number of aliphatic hydroxyl groups is 1. The van der Waals surface area contributed by atoms with Crippen LogP contribution in [0.15, 0.2) is 22.7 Å². The highest BCUT2D eigenvalue weighted by atomic mass is 79.9. The third-order valence-corrected chi connectivity index (χ3v) is 5.85. The topological polar surface area (TPSA) is 29.5 Å². The summed E-state index contributed by atoms with van der Waals surface area (Å²) in [6, 6.07) is 6.26. The van der Waals surface area contributed by atoms with E-state index in [1.165, 1.54) is 28.8 Å². The van der Waals surface area contributed by atoms with Crippen molar-refractivity contribution in [2.75, 3.05) is 6.61 Å². The van der Waals surface area contributed by atoms with Crippen LogP contribution in [0.2, 0.25) is 0 Å². The van der Waals surface area contributed by atoms with Gasteiger partial charge in [-0.1, -0.05) is 15.9 Å². The second-order valence-electron chi connectivity index (χ2n) is 5.43. The fourth-order valence-electron chi connectivity index (χ4n) is 3.14.